The molecule has 0 heterocycles. The van der Waals surface area contributed by atoms with Crippen molar-refractivity contribution in [3.05, 3.63) is 24.3 Å². The molecule has 1 amide bonds. The number of carbonyl (C=O) groups is 1. The molecule has 146 valence electrons. The van der Waals surface area contributed by atoms with Crippen molar-refractivity contribution in [2.75, 3.05) is 11.9 Å². The molecular formula is C22H30N2O2S. The van der Waals surface area contributed by atoms with Gasteiger partial charge in [-0.3, -0.25) is 4.79 Å². The van der Waals surface area contributed by atoms with Crippen molar-refractivity contribution >= 4 is 28.9 Å². The number of anilines is 1. The van der Waals surface area contributed by atoms with E-state index < -0.39 is 0 Å². The van der Waals surface area contributed by atoms with Gasteiger partial charge in [0.25, 0.3) is 0 Å². The van der Waals surface area contributed by atoms with E-state index in [4.69, 9.17) is 17.0 Å². The van der Waals surface area contributed by atoms with E-state index in [1.54, 1.807) is 0 Å². The molecule has 0 aliphatic heterocycles. The first kappa shape index (κ1) is 18.7. The van der Waals surface area contributed by atoms with Gasteiger partial charge in [0.15, 0.2) is 5.11 Å². The Morgan fingerprint density at radius 3 is 2.41 bits per heavy atom. The minimum absolute atomic E-state index is 0.131. The summed E-state index contributed by atoms with van der Waals surface area (Å²) < 4.78 is 5.76. The fourth-order valence-corrected chi connectivity index (χ4v) is 5.92. The van der Waals surface area contributed by atoms with Crippen LogP contribution in [-0.4, -0.2) is 17.6 Å². The minimum Gasteiger partial charge on any atom is -0.493 e. The van der Waals surface area contributed by atoms with Gasteiger partial charge in [-0.2, -0.15) is 0 Å². The van der Waals surface area contributed by atoms with Gasteiger partial charge in [-0.1, -0.05) is 19.9 Å². The molecule has 1 aromatic rings. The van der Waals surface area contributed by atoms with E-state index in [0.717, 1.165) is 48.5 Å². The average molecular weight is 387 g/mol. The molecule has 4 aliphatic carbocycles. The van der Waals surface area contributed by atoms with E-state index in [2.05, 4.69) is 24.5 Å². The van der Waals surface area contributed by atoms with Crippen LogP contribution in [0, 0.1) is 29.1 Å². The monoisotopic (exact) mass is 386 g/mol. The zero-order chi connectivity index (χ0) is 19.0. The quantitative estimate of drug-likeness (QED) is 0.717. The van der Waals surface area contributed by atoms with Crippen molar-refractivity contribution in [2.45, 2.75) is 52.4 Å². The van der Waals surface area contributed by atoms with Gasteiger partial charge in [-0.05, 0) is 86.5 Å². The van der Waals surface area contributed by atoms with Gasteiger partial charge in [0.05, 0.1) is 12.0 Å². The van der Waals surface area contributed by atoms with Crippen LogP contribution in [0.2, 0.25) is 0 Å². The minimum atomic E-state index is -0.178. The number of thiocarbonyl (C=S) groups is 1. The van der Waals surface area contributed by atoms with E-state index >= 15 is 0 Å². The lowest BCUT2D eigenvalue weighted by Gasteiger charge is -2.55. The average Bonchev–Trinajstić information content (AvgIpc) is 2.59. The zero-order valence-electron chi connectivity index (χ0n) is 16.3. The third-order valence-corrected chi connectivity index (χ3v) is 6.63. The number of carbonyl (C=O) groups excluding carboxylic acids is 1. The molecule has 4 aliphatic rings. The molecule has 4 bridgehead atoms. The Balaban J connectivity index is 1.36. The fraction of sp³-hybridized carbons (Fsp3) is 0.636. The normalized spacial score (nSPS) is 31.0. The number of hydrogen-bond donors (Lipinski definition) is 2. The Bertz CT molecular complexity index is 695. The highest BCUT2D eigenvalue weighted by Gasteiger charge is 2.54. The number of amides is 1. The zero-order valence-corrected chi connectivity index (χ0v) is 17.1. The summed E-state index contributed by atoms with van der Waals surface area (Å²) in [7, 11) is 0. The maximum atomic E-state index is 13.1. The van der Waals surface area contributed by atoms with Crippen molar-refractivity contribution in [2.24, 2.45) is 29.1 Å². The summed E-state index contributed by atoms with van der Waals surface area (Å²) in [5, 5.41) is 6.53. The van der Waals surface area contributed by atoms with Crippen LogP contribution in [0.15, 0.2) is 24.3 Å². The van der Waals surface area contributed by atoms with Crippen LogP contribution in [0.4, 0.5) is 5.69 Å². The van der Waals surface area contributed by atoms with E-state index in [9.17, 15) is 4.79 Å². The van der Waals surface area contributed by atoms with Crippen LogP contribution < -0.4 is 15.4 Å². The van der Waals surface area contributed by atoms with Crippen molar-refractivity contribution in [3.8, 4) is 5.75 Å². The van der Waals surface area contributed by atoms with Gasteiger partial charge in [-0.15, -0.1) is 0 Å². The Morgan fingerprint density at radius 2 is 1.81 bits per heavy atom. The molecule has 4 nitrogen and oxygen atoms in total. The van der Waals surface area contributed by atoms with Crippen molar-refractivity contribution in [1.82, 2.24) is 5.32 Å². The molecule has 4 saturated carbocycles. The first-order chi connectivity index (χ1) is 12.9. The Morgan fingerprint density at radius 1 is 1.19 bits per heavy atom. The van der Waals surface area contributed by atoms with Crippen LogP contribution in [0.25, 0.3) is 0 Å². The molecule has 2 N–H and O–H groups in total. The Labute approximate surface area is 167 Å². The summed E-state index contributed by atoms with van der Waals surface area (Å²) in [6, 6.07) is 7.73. The number of rotatable bonds is 5. The summed E-state index contributed by atoms with van der Waals surface area (Å²) in [4.78, 5) is 13.1. The summed E-state index contributed by atoms with van der Waals surface area (Å²) in [5.41, 5.74) is 0.662. The molecule has 4 fully saturated rings. The second kappa shape index (κ2) is 7.42. The predicted molar refractivity (Wildman–Crippen MR) is 112 cm³/mol. The molecule has 0 unspecified atom stereocenters. The molecule has 0 aromatic heterocycles. The van der Waals surface area contributed by atoms with Crippen molar-refractivity contribution < 1.29 is 9.53 Å². The lowest BCUT2D eigenvalue weighted by Crippen LogP contribution is -2.55. The molecule has 5 heteroatoms. The Hall–Kier alpha value is -1.62. The highest BCUT2D eigenvalue weighted by molar-refractivity contribution is 7.80. The number of benzene rings is 1. The smallest absolute Gasteiger partial charge is 0.232 e. The fourth-order valence-electron chi connectivity index (χ4n) is 5.71. The van der Waals surface area contributed by atoms with Gasteiger partial charge >= 0.3 is 0 Å². The molecule has 27 heavy (non-hydrogen) atoms. The maximum absolute atomic E-state index is 13.1. The molecular weight excluding hydrogens is 356 g/mol. The van der Waals surface area contributed by atoms with Crippen LogP contribution >= 0.6 is 12.2 Å². The molecule has 0 radical (unpaired) electrons. The molecule has 0 spiro atoms. The highest BCUT2D eigenvalue weighted by atomic mass is 32.1. The maximum Gasteiger partial charge on any atom is 0.232 e. The number of nitrogens with one attached hydrogen (secondary N) is 2. The summed E-state index contributed by atoms with van der Waals surface area (Å²) in [5.74, 6) is 3.66. The van der Waals surface area contributed by atoms with Gasteiger partial charge < -0.3 is 15.4 Å². The standard InChI is InChI=1S/C22H30N2O2S/c1-14(2)13-26-19-5-3-4-18(9-19)23-21(27)24-20(25)22-10-15-6-16(11-22)8-17(7-15)12-22/h3-5,9,14-17H,6-8,10-13H2,1-2H3,(H2,23,24,25,27). The second-order valence-electron chi connectivity index (χ2n) is 9.34. The first-order valence-corrected chi connectivity index (χ1v) is 10.7. The van der Waals surface area contributed by atoms with E-state index in [1.165, 1.54) is 19.3 Å². The first-order valence-electron chi connectivity index (χ1n) is 10.3. The molecule has 5 rings (SSSR count). The van der Waals surface area contributed by atoms with E-state index in [-0.39, 0.29) is 11.3 Å². The Kier molecular flexibility index (Phi) is 5.15. The van der Waals surface area contributed by atoms with Crippen molar-refractivity contribution in [3.63, 3.8) is 0 Å². The SMILES string of the molecule is CC(C)COc1cccc(NC(=S)NC(=O)C23CC4CC(CC(C4)C2)C3)c1. The van der Waals surface area contributed by atoms with Gasteiger partial charge in [0.2, 0.25) is 5.91 Å². The van der Waals surface area contributed by atoms with E-state index in [0.29, 0.717) is 17.6 Å². The third kappa shape index (κ3) is 4.13. The number of ether oxygens (including phenoxy) is 1. The summed E-state index contributed by atoms with van der Waals surface area (Å²) in [6.45, 7) is 4.92. The highest BCUT2D eigenvalue weighted by Crippen LogP contribution is 2.60. The summed E-state index contributed by atoms with van der Waals surface area (Å²) >= 11 is 5.43. The van der Waals surface area contributed by atoms with Gasteiger partial charge in [0.1, 0.15) is 5.75 Å². The molecule has 1 aromatic carbocycles. The predicted octanol–water partition coefficient (Wildman–Crippen LogP) is 4.75. The lowest BCUT2D eigenvalue weighted by molar-refractivity contribution is -0.144. The summed E-state index contributed by atoms with van der Waals surface area (Å²) in [6.07, 6.45) is 7.14. The second-order valence-corrected chi connectivity index (χ2v) is 9.75. The topological polar surface area (TPSA) is 50.4 Å². The van der Waals surface area contributed by atoms with Crippen LogP contribution in [-0.2, 0) is 4.79 Å². The van der Waals surface area contributed by atoms with Gasteiger partial charge in [0, 0.05) is 11.8 Å². The number of hydrogen-bond acceptors (Lipinski definition) is 3. The van der Waals surface area contributed by atoms with Crippen molar-refractivity contribution in [1.29, 1.82) is 0 Å². The largest absolute Gasteiger partial charge is 0.493 e. The third-order valence-electron chi connectivity index (χ3n) is 6.42. The van der Waals surface area contributed by atoms with Crippen LogP contribution in [0.5, 0.6) is 5.75 Å². The van der Waals surface area contributed by atoms with Crippen LogP contribution in [0.1, 0.15) is 52.4 Å². The van der Waals surface area contributed by atoms with E-state index in [1.807, 2.05) is 24.3 Å². The molecule has 0 atom stereocenters. The van der Waals surface area contributed by atoms with Gasteiger partial charge in [-0.25, -0.2) is 0 Å². The van der Waals surface area contributed by atoms with Crippen LogP contribution in [0.3, 0.4) is 0 Å². The molecule has 0 saturated heterocycles. The lowest BCUT2D eigenvalue weighted by atomic mass is 9.49.